The van der Waals surface area contributed by atoms with Crippen molar-refractivity contribution in [3.63, 3.8) is 0 Å². The molecule has 7 heteroatoms. The van der Waals surface area contributed by atoms with E-state index in [2.05, 4.69) is 15.9 Å². The first-order chi connectivity index (χ1) is 15.6. The highest BCUT2D eigenvalue weighted by Gasteiger charge is 2.22. The van der Waals surface area contributed by atoms with Crippen molar-refractivity contribution in [2.24, 2.45) is 0 Å². The minimum Gasteiger partial charge on any atom is -0.233 e. The number of aromatic nitrogens is 2. The van der Waals surface area contributed by atoms with Gasteiger partial charge in [-0.1, -0.05) is 23.8 Å². The Labute approximate surface area is 194 Å². The van der Waals surface area contributed by atoms with E-state index in [1.54, 1.807) is 23.0 Å². The van der Waals surface area contributed by atoms with E-state index < -0.39 is 10.0 Å². The molecule has 4 aromatic rings. The molecule has 0 amide bonds. The molecule has 4 rings (SSSR count). The molecule has 3 aromatic carbocycles. The number of sulfonamides is 1. The predicted octanol–water partition coefficient (Wildman–Crippen LogP) is 5.39. The van der Waals surface area contributed by atoms with Crippen LogP contribution in [-0.4, -0.2) is 24.2 Å². The maximum Gasteiger partial charge on any atom is 0.241 e. The van der Waals surface area contributed by atoms with Crippen molar-refractivity contribution in [3.05, 3.63) is 88.9 Å². The molecule has 1 heterocycles. The van der Waals surface area contributed by atoms with E-state index in [-0.39, 0.29) is 11.9 Å². The van der Waals surface area contributed by atoms with Gasteiger partial charge in [0.1, 0.15) is 5.82 Å². The molecular formula is C26H28FN3O2S. The Morgan fingerprint density at radius 1 is 1.00 bits per heavy atom. The van der Waals surface area contributed by atoms with Crippen molar-refractivity contribution in [1.29, 1.82) is 0 Å². The van der Waals surface area contributed by atoms with E-state index in [0.29, 0.717) is 11.3 Å². The van der Waals surface area contributed by atoms with Gasteiger partial charge in [0.25, 0.3) is 0 Å². The number of halogens is 1. The van der Waals surface area contributed by atoms with Crippen molar-refractivity contribution in [2.75, 3.05) is 0 Å². The van der Waals surface area contributed by atoms with Gasteiger partial charge in [-0.25, -0.2) is 22.2 Å². The minimum absolute atomic E-state index is 0.215. The van der Waals surface area contributed by atoms with Crippen LogP contribution >= 0.6 is 0 Å². The summed E-state index contributed by atoms with van der Waals surface area (Å²) >= 11 is 0. The summed E-state index contributed by atoms with van der Waals surface area (Å²) in [5.74, 6) is -0.282. The van der Waals surface area contributed by atoms with Crippen molar-refractivity contribution in [3.8, 4) is 5.69 Å². The Kier molecular flexibility index (Phi) is 6.36. The van der Waals surface area contributed by atoms with Gasteiger partial charge in [-0.15, -0.1) is 0 Å². The fourth-order valence-electron chi connectivity index (χ4n) is 4.38. The zero-order chi connectivity index (χ0) is 23.8. The molecule has 1 aromatic heterocycles. The Morgan fingerprint density at radius 2 is 1.67 bits per heavy atom. The van der Waals surface area contributed by atoms with Crippen molar-refractivity contribution in [1.82, 2.24) is 14.5 Å². The Balaban J connectivity index is 1.46. The standard InChI is InChI=1S/C26H28FN3O2S/c1-17-13-18(2)26(19(3)14-17)33(31,32)29-20(4)5-6-21-7-12-25-22(15-21)16-28-30(25)24-10-8-23(27)9-11-24/h7-16,20,29H,5-6H2,1-4H3/t20-/m0/s1. The molecule has 5 nitrogen and oxygen atoms in total. The molecule has 0 saturated carbocycles. The molecule has 0 fully saturated rings. The maximum atomic E-state index is 13.2. The molecule has 0 aliphatic heterocycles. The van der Waals surface area contributed by atoms with Crippen LogP contribution in [0.1, 0.15) is 35.6 Å². The summed E-state index contributed by atoms with van der Waals surface area (Å²) in [5.41, 5.74) is 5.41. The van der Waals surface area contributed by atoms with E-state index in [4.69, 9.17) is 0 Å². The zero-order valence-corrected chi connectivity index (χ0v) is 20.1. The van der Waals surface area contributed by atoms with Gasteiger partial charge in [0.2, 0.25) is 10.0 Å². The average Bonchev–Trinajstić information content (AvgIpc) is 3.14. The number of aryl methyl sites for hydroxylation is 4. The number of hydrogen-bond acceptors (Lipinski definition) is 3. The highest BCUT2D eigenvalue weighted by Crippen LogP contribution is 2.23. The van der Waals surface area contributed by atoms with Crippen LogP contribution in [0.2, 0.25) is 0 Å². The number of nitrogens with zero attached hydrogens (tertiary/aromatic N) is 2. The Morgan fingerprint density at radius 3 is 2.33 bits per heavy atom. The third kappa shape index (κ3) is 4.99. The van der Waals surface area contributed by atoms with E-state index in [9.17, 15) is 12.8 Å². The molecule has 33 heavy (non-hydrogen) atoms. The Bertz CT molecular complexity index is 1390. The zero-order valence-electron chi connectivity index (χ0n) is 19.3. The molecule has 1 atom stereocenters. The normalized spacial score (nSPS) is 12.9. The first-order valence-electron chi connectivity index (χ1n) is 11.0. The third-order valence-electron chi connectivity index (χ3n) is 5.80. The summed E-state index contributed by atoms with van der Waals surface area (Å²) in [5, 5.41) is 5.42. The number of rotatable bonds is 7. The van der Waals surface area contributed by atoms with Crippen LogP contribution in [-0.2, 0) is 16.4 Å². The molecule has 0 bridgehead atoms. The first kappa shape index (κ1) is 23.1. The molecule has 172 valence electrons. The summed E-state index contributed by atoms with van der Waals surface area (Å²) in [6, 6.07) is 15.9. The van der Waals surface area contributed by atoms with Crippen LogP contribution < -0.4 is 4.72 Å². The average molecular weight is 466 g/mol. The number of nitrogens with one attached hydrogen (secondary N) is 1. The Hall–Kier alpha value is -3.03. The van der Waals surface area contributed by atoms with E-state index >= 15 is 0 Å². The van der Waals surface area contributed by atoms with Crippen LogP contribution in [0.4, 0.5) is 4.39 Å². The molecule has 0 radical (unpaired) electrons. The van der Waals surface area contributed by atoms with E-state index in [1.807, 2.05) is 52.0 Å². The lowest BCUT2D eigenvalue weighted by molar-refractivity contribution is 0.546. The van der Waals surface area contributed by atoms with Gasteiger partial charge in [-0.3, -0.25) is 0 Å². The second-order valence-corrected chi connectivity index (χ2v) is 10.4. The van der Waals surface area contributed by atoms with Crippen LogP contribution in [0.5, 0.6) is 0 Å². The molecule has 0 saturated heterocycles. The lowest BCUT2D eigenvalue weighted by Gasteiger charge is -2.17. The summed E-state index contributed by atoms with van der Waals surface area (Å²) in [6.07, 6.45) is 3.19. The van der Waals surface area contributed by atoms with Crippen LogP contribution in [0.3, 0.4) is 0 Å². The second-order valence-electron chi connectivity index (χ2n) is 8.71. The minimum atomic E-state index is -3.60. The van der Waals surface area contributed by atoms with Gasteiger partial charge in [-0.2, -0.15) is 5.10 Å². The molecule has 0 spiro atoms. The second kappa shape index (κ2) is 9.08. The third-order valence-corrected chi connectivity index (χ3v) is 7.69. The van der Waals surface area contributed by atoms with Gasteiger partial charge in [0.05, 0.1) is 22.3 Å². The van der Waals surface area contributed by atoms with E-state index in [1.165, 1.54) is 12.1 Å². The molecule has 0 aliphatic rings. The van der Waals surface area contributed by atoms with Gasteiger partial charge < -0.3 is 0 Å². The topological polar surface area (TPSA) is 64.0 Å². The van der Waals surface area contributed by atoms with Crippen molar-refractivity contribution in [2.45, 2.75) is 51.5 Å². The summed E-state index contributed by atoms with van der Waals surface area (Å²) in [4.78, 5) is 0.370. The summed E-state index contributed by atoms with van der Waals surface area (Å²) in [7, 11) is -3.60. The number of fused-ring (bicyclic) bond motifs is 1. The highest BCUT2D eigenvalue weighted by atomic mass is 32.2. The van der Waals surface area contributed by atoms with Crippen molar-refractivity contribution >= 4 is 20.9 Å². The summed E-state index contributed by atoms with van der Waals surface area (Å²) < 4.78 is 43.8. The monoisotopic (exact) mass is 465 g/mol. The van der Waals surface area contributed by atoms with Gasteiger partial charge in [-0.05, 0) is 93.6 Å². The van der Waals surface area contributed by atoms with Crippen molar-refractivity contribution < 1.29 is 12.8 Å². The summed E-state index contributed by atoms with van der Waals surface area (Å²) in [6.45, 7) is 7.52. The molecule has 0 unspecified atom stereocenters. The number of benzene rings is 3. The SMILES string of the molecule is Cc1cc(C)c(S(=O)(=O)N[C@@H](C)CCc2ccc3c(cnn3-c3ccc(F)cc3)c2)c(C)c1. The van der Waals surface area contributed by atoms with Crippen LogP contribution in [0, 0.1) is 26.6 Å². The quantitative estimate of drug-likeness (QED) is 0.398. The number of hydrogen-bond donors (Lipinski definition) is 1. The van der Waals surface area contributed by atoms with Gasteiger partial charge in [0, 0.05) is 11.4 Å². The highest BCUT2D eigenvalue weighted by molar-refractivity contribution is 7.89. The van der Waals surface area contributed by atoms with E-state index in [0.717, 1.165) is 45.3 Å². The predicted molar refractivity (Wildman–Crippen MR) is 130 cm³/mol. The maximum absolute atomic E-state index is 13.2. The fourth-order valence-corrected chi connectivity index (χ4v) is 6.11. The molecular weight excluding hydrogens is 437 g/mol. The van der Waals surface area contributed by atoms with Gasteiger partial charge in [0.15, 0.2) is 0 Å². The largest absolute Gasteiger partial charge is 0.241 e. The van der Waals surface area contributed by atoms with Crippen LogP contribution in [0.15, 0.2) is 65.7 Å². The van der Waals surface area contributed by atoms with Gasteiger partial charge >= 0.3 is 0 Å². The fraction of sp³-hybridized carbons (Fsp3) is 0.269. The lowest BCUT2D eigenvalue weighted by Crippen LogP contribution is -2.33. The molecule has 0 aliphatic carbocycles. The molecule has 1 N–H and O–H groups in total. The first-order valence-corrected chi connectivity index (χ1v) is 12.4. The lowest BCUT2D eigenvalue weighted by atomic mass is 10.1. The van der Waals surface area contributed by atoms with Crippen LogP contribution in [0.25, 0.3) is 16.6 Å². The smallest absolute Gasteiger partial charge is 0.233 e.